The third kappa shape index (κ3) is 4.04. The van der Waals surface area contributed by atoms with Crippen molar-refractivity contribution in [2.75, 3.05) is 13.1 Å². The van der Waals surface area contributed by atoms with Crippen LogP contribution in [0.1, 0.15) is 37.6 Å². The van der Waals surface area contributed by atoms with E-state index in [-0.39, 0.29) is 24.1 Å². The molecule has 1 aromatic carbocycles. The third-order valence-corrected chi connectivity index (χ3v) is 3.33. The second-order valence-corrected chi connectivity index (χ2v) is 5.32. The van der Waals surface area contributed by atoms with Crippen molar-refractivity contribution in [1.29, 1.82) is 0 Å². The van der Waals surface area contributed by atoms with Crippen LogP contribution in [-0.2, 0) is 9.53 Å². The molecule has 21 heavy (non-hydrogen) atoms. The summed E-state index contributed by atoms with van der Waals surface area (Å²) in [5, 5.41) is 0. The first-order valence-corrected chi connectivity index (χ1v) is 7.25. The Morgan fingerprint density at radius 2 is 1.76 bits per heavy atom. The molecule has 1 aromatic rings. The Morgan fingerprint density at radius 1 is 1.19 bits per heavy atom. The zero-order valence-corrected chi connectivity index (χ0v) is 12.7. The molecule has 0 spiro atoms. The van der Waals surface area contributed by atoms with Crippen molar-refractivity contribution in [2.24, 2.45) is 0 Å². The van der Waals surface area contributed by atoms with Gasteiger partial charge in [0.1, 0.15) is 5.75 Å². The van der Waals surface area contributed by atoms with E-state index in [1.807, 2.05) is 13.8 Å². The van der Waals surface area contributed by atoms with Crippen molar-refractivity contribution < 1.29 is 19.1 Å². The van der Waals surface area contributed by atoms with Gasteiger partial charge in [0.25, 0.3) is 5.91 Å². The van der Waals surface area contributed by atoms with Gasteiger partial charge < -0.3 is 14.4 Å². The van der Waals surface area contributed by atoms with Crippen molar-refractivity contribution in [1.82, 2.24) is 4.90 Å². The smallest absolute Gasteiger partial charge is 0.310 e. The summed E-state index contributed by atoms with van der Waals surface area (Å²) in [6.07, 6.45) is 0.412. The largest absolute Gasteiger partial charge is 0.427 e. The van der Waals surface area contributed by atoms with E-state index in [9.17, 15) is 9.59 Å². The molecule has 2 rings (SSSR count). The molecule has 1 fully saturated rings. The van der Waals surface area contributed by atoms with E-state index in [0.29, 0.717) is 30.8 Å². The maximum absolute atomic E-state index is 12.4. The molecule has 1 amide bonds. The second kappa shape index (κ2) is 6.72. The van der Waals surface area contributed by atoms with Crippen molar-refractivity contribution in [3.8, 4) is 5.75 Å². The minimum Gasteiger partial charge on any atom is -0.427 e. The number of amides is 1. The highest BCUT2D eigenvalue weighted by molar-refractivity contribution is 5.94. The van der Waals surface area contributed by atoms with Crippen molar-refractivity contribution in [3.05, 3.63) is 29.8 Å². The average molecular weight is 291 g/mol. The zero-order chi connectivity index (χ0) is 15.4. The Morgan fingerprint density at radius 3 is 2.29 bits per heavy atom. The van der Waals surface area contributed by atoms with E-state index < -0.39 is 0 Å². The van der Waals surface area contributed by atoms with Crippen LogP contribution in [0.5, 0.6) is 5.75 Å². The van der Waals surface area contributed by atoms with Crippen LogP contribution in [-0.4, -0.2) is 42.1 Å². The highest BCUT2D eigenvalue weighted by Gasteiger charge is 2.26. The lowest BCUT2D eigenvalue weighted by Gasteiger charge is -2.35. The van der Waals surface area contributed by atoms with Gasteiger partial charge in [-0.15, -0.1) is 0 Å². The Kier molecular flexibility index (Phi) is 4.96. The van der Waals surface area contributed by atoms with Gasteiger partial charge >= 0.3 is 5.97 Å². The second-order valence-electron chi connectivity index (χ2n) is 5.32. The molecule has 1 aliphatic heterocycles. The van der Waals surface area contributed by atoms with Crippen LogP contribution >= 0.6 is 0 Å². The summed E-state index contributed by atoms with van der Waals surface area (Å²) in [6.45, 7) is 6.85. The van der Waals surface area contributed by atoms with Gasteiger partial charge in [-0.2, -0.15) is 0 Å². The molecule has 1 heterocycles. The summed E-state index contributed by atoms with van der Waals surface area (Å²) in [5.41, 5.74) is 0.590. The number of benzene rings is 1. The van der Waals surface area contributed by atoms with E-state index in [1.165, 1.54) is 0 Å². The summed E-state index contributed by atoms with van der Waals surface area (Å²) in [7, 11) is 0. The minimum atomic E-state index is -0.287. The quantitative estimate of drug-likeness (QED) is 0.633. The SMILES string of the molecule is CCC(=O)Oc1ccc(C(=O)N2C[C@@H](C)O[C@@H](C)C2)cc1. The molecule has 0 radical (unpaired) electrons. The Hall–Kier alpha value is -1.88. The highest BCUT2D eigenvalue weighted by Crippen LogP contribution is 2.17. The minimum absolute atomic E-state index is 0.0228. The molecular weight excluding hydrogens is 270 g/mol. The number of carbonyl (C=O) groups excluding carboxylic acids is 2. The molecule has 2 atom stereocenters. The average Bonchev–Trinajstić information content (AvgIpc) is 2.46. The van der Waals surface area contributed by atoms with Gasteiger partial charge in [0.2, 0.25) is 0 Å². The molecular formula is C16H21NO4. The molecule has 0 saturated carbocycles. The van der Waals surface area contributed by atoms with Crippen LogP contribution in [0.25, 0.3) is 0 Å². The molecule has 0 bridgehead atoms. The van der Waals surface area contributed by atoms with Gasteiger partial charge in [0.05, 0.1) is 12.2 Å². The van der Waals surface area contributed by atoms with E-state index >= 15 is 0 Å². The van der Waals surface area contributed by atoms with E-state index in [4.69, 9.17) is 9.47 Å². The number of morpholine rings is 1. The lowest BCUT2D eigenvalue weighted by Crippen LogP contribution is -2.48. The number of ether oxygens (including phenoxy) is 2. The summed E-state index contributed by atoms with van der Waals surface area (Å²) in [4.78, 5) is 25.4. The fourth-order valence-electron chi connectivity index (χ4n) is 2.40. The van der Waals surface area contributed by atoms with E-state index in [2.05, 4.69) is 0 Å². The number of esters is 1. The number of nitrogens with zero attached hydrogens (tertiary/aromatic N) is 1. The van der Waals surface area contributed by atoms with Crippen LogP contribution in [0.3, 0.4) is 0 Å². The molecule has 114 valence electrons. The lowest BCUT2D eigenvalue weighted by atomic mass is 10.1. The molecule has 1 aliphatic rings. The normalized spacial score (nSPS) is 22.0. The molecule has 1 saturated heterocycles. The Balaban J connectivity index is 2.04. The standard InChI is InChI=1S/C16H21NO4/c1-4-15(18)21-14-7-5-13(6-8-14)16(19)17-9-11(2)20-12(3)10-17/h5-8,11-12H,4,9-10H2,1-3H3/t11-,12+. The molecule has 5 nitrogen and oxygen atoms in total. The number of hydrogen-bond acceptors (Lipinski definition) is 4. The summed E-state index contributed by atoms with van der Waals surface area (Å²) in [6, 6.07) is 6.67. The van der Waals surface area contributed by atoms with Crippen LogP contribution in [0.15, 0.2) is 24.3 Å². The van der Waals surface area contributed by atoms with E-state index in [0.717, 1.165) is 0 Å². The number of hydrogen-bond donors (Lipinski definition) is 0. The molecule has 0 aliphatic carbocycles. The maximum atomic E-state index is 12.4. The summed E-state index contributed by atoms with van der Waals surface area (Å²) >= 11 is 0. The van der Waals surface area contributed by atoms with Crippen molar-refractivity contribution >= 4 is 11.9 Å². The Labute approximate surface area is 124 Å². The number of rotatable bonds is 3. The third-order valence-electron chi connectivity index (χ3n) is 3.33. The molecule has 0 unspecified atom stereocenters. The molecule has 0 N–H and O–H groups in total. The summed E-state index contributed by atoms with van der Waals surface area (Å²) < 4.78 is 10.7. The summed E-state index contributed by atoms with van der Waals surface area (Å²) in [5.74, 6) is 0.150. The highest BCUT2D eigenvalue weighted by atomic mass is 16.5. The zero-order valence-electron chi connectivity index (χ0n) is 12.7. The number of carbonyl (C=O) groups is 2. The lowest BCUT2D eigenvalue weighted by molar-refractivity contribution is -0.134. The van der Waals surface area contributed by atoms with Crippen LogP contribution in [0.2, 0.25) is 0 Å². The fourth-order valence-corrected chi connectivity index (χ4v) is 2.40. The van der Waals surface area contributed by atoms with Gasteiger partial charge in [-0.25, -0.2) is 0 Å². The van der Waals surface area contributed by atoms with Gasteiger partial charge in [0.15, 0.2) is 0 Å². The first-order chi connectivity index (χ1) is 9.99. The topological polar surface area (TPSA) is 55.8 Å². The van der Waals surface area contributed by atoms with Crippen LogP contribution < -0.4 is 4.74 Å². The van der Waals surface area contributed by atoms with Gasteiger partial charge in [-0.05, 0) is 38.1 Å². The van der Waals surface area contributed by atoms with E-state index in [1.54, 1.807) is 36.1 Å². The molecule has 5 heteroatoms. The Bertz CT molecular complexity index is 502. The maximum Gasteiger partial charge on any atom is 0.310 e. The predicted molar refractivity (Wildman–Crippen MR) is 78.3 cm³/mol. The monoisotopic (exact) mass is 291 g/mol. The van der Waals surface area contributed by atoms with Crippen LogP contribution in [0.4, 0.5) is 0 Å². The fraction of sp³-hybridized carbons (Fsp3) is 0.500. The van der Waals surface area contributed by atoms with Crippen LogP contribution in [0, 0.1) is 0 Å². The van der Waals surface area contributed by atoms with Gasteiger partial charge in [0, 0.05) is 25.1 Å². The van der Waals surface area contributed by atoms with Gasteiger partial charge in [-0.1, -0.05) is 6.92 Å². The first-order valence-electron chi connectivity index (χ1n) is 7.25. The predicted octanol–water partition coefficient (Wildman–Crippen LogP) is 2.25. The van der Waals surface area contributed by atoms with Gasteiger partial charge in [-0.3, -0.25) is 9.59 Å². The van der Waals surface area contributed by atoms with Crippen molar-refractivity contribution in [2.45, 2.75) is 39.4 Å². The molecule has 0 aromatic heterocycles. The van der Waals surface area contributed by atoms with Crippen molar-refractivity contribution in [3.63, 3.8) is 0 Å². The first kappa shape index (κ1) is 15.5.